The van der Waals surface area contributed by atoms with Gasteiger partial charge >= 0.3 is 0 Å². The summed E-state index contributed by atoms with van der Waals surface area (Å²) in [5.41, 5.74) is 7.11. The highest BCUT2D eigenvalue weighted by molar-refractivity contribution is 5.85. The van der Waals surface area contributed by atoms with Crippen molar-refractivity contribution >= 4 is 18.3 Å². The quantitative estimate of drug-likeness (QED) is 0.897. The molecule has 1 aromatic rings. The maximum absolute atomic E-state index is 12.1. The third kappa shape index (κ3) is 4.76. The Kier molecular flexibility index (Phi) is 6.96. The molecule has 0 saturated heterocycles. The van der Waals surface area contributed by atoms with Gasteiger partial charge in [0.1, 0.15) is 0 Å². The van der Waals surface area contributed by atoms with Crippen molar-refractivity contribution in [3.63, 3.8) is 0 Å². The second kappa shape index (κ2) is 8.22. The molecule has 1 aromatic heterocycles. The molecule has 3 N–H and O–H groups in total. The summed E-state index contributed by atoms with van der Waals surface area (Å²) in [4.78, 5) is 16.1. The Bertz CT molecular complexity index is 413. The van der Waals surface area contributed by atoms with Crippen LogP contribution < -0.4 is 11.1 Å². The number of nitrogens with two attached hydrogens (primary N) is 1. The third-order valence-electron chi connectivity index (χ3n) is 3.98. The largest absolute Gasteiger partial charge is 0.350 e. The van der Waals surface area contributed by atoms with Crippen molar-refractivity contribution in [2.24, 2.45) is 11.7 Å². The second-order valence-electron chi connectivity index (χ2n) is 5.49. The number of nitrogens with one attached hydrogen (secondary N) is 1. The van der Waals surface area contributed by atoms with Crippen LogP contribution in [0.3, 0.4) is 0 Å². The van der Waals surface area contributed by atoms with Crippen LogP contribution in [0, 0.1) is 5.92 Å². The first-order valence-electron chi connectivity index (χ1n) is 7.11. The average molecular weight is 298 g/mol. The molecule has 1 amide bonds. The molecule has 112 valence electrons. The molecule has 0 radical (unpaired) electrons. The second-order valence-corrected chi connectivity index (χ2v) is 5.49. The van der Waals surface area contributed by atoms with E-state index in [9.17, 15) is 4.79 Å². The highest BCUT2D eigenvalue weighted by Gasteiger charge is 2.24. The molecule has 0 bridgehead atoms. The van der Waals surface area contributed by atoms with Crippen molar-refractivity contribution < 1.29 is 4.79 Å². The fourth-order valence-corrected chi connectivity index (χ4v) is 2.74. The minimum Gasteiger partial charge on any atom is -0.350 e. The summed E-state index contributed by atoms with van der Waals surface area (Å²) in [6.45, 7) is 1.98. The molecule has 0 spiro atoms. The molecule has 0 aromatic carbocycles. The summed E-state index contributed by atoms with van der Waals surface area (Å²) in [6, 6.07) is 4.05. The third-order valence-corrected chi connectivity index (χ3v) is 3.98. The van der Waals surface area contributed by atoms with Crippen molar-refractivity contribution in [2.75, 3.05) is 0 Å². The van der Waals surface area contributed by atoms with Gasteiger partial charge in [0.25, 0.3) is 0 Å². The topological polar surface area (TPSA) is 68.0 Å². The summed E-state index contributed by atoms with van der Waals surface area (Å²) in [5, 5.41) is 3.03. The SMILES string of the molecule is CC(NC(=O)CC1CCCCC1N)c1cccnc1.Cl. The number of carbonyl (C=O) groups excluding carboxylic acids is 1. The van der Waals surface area contributed by atoms with E-state index in [1.54, 1.807) is 12.4 Å². The van der Waals surface area contributed by atoms with Crippen molar-refractivity contribution in [3.05, 3.63) is 30.1 Å². The van der Waals surface area contributed by atoms with Crippen LogP contribution in [0.25, 0.3) is 0 Å². The van der Waals surface area contributed by atoms with Gasteiger partial charge in [-0.1, -0.05) is 18.9 Å². The number of halogens is 1. The summed E-state index contributed by atoms with van der Waals surface area (Å²) in [7, 11) is 0. The molecule has 1 saturated carbocycles. The number of pyridine rings is 1. The van der Waals surface area contributed by atoms with Crippen molar-refractivity contribution in [2.45, 2.75) is 51.1 Å². The number of aromatic nitrogens is 1. The van der Waals surface area contributed by atoms with E-state index >= 15 is 0 Å². The van der Waals surface area contributed by atoms with Gasteiger partial charge < -0.3 is 11.1 Å². The van der Waals surface area contributed by atoms with E-state index in [0.29, 0.717) is 12.3 Å². The van der Waals surface area contributed by atoms with Crippen LogP contribution >= 0.6 is 12.4 Å². The highest BCUT2D eigenvalue weighted by atomic mass is 35.5. The van der Waals surface area contributed by atoms with Gasteiger partial charge in [-0.25, -0.2) is 0 Å². The molecule has 5 heteroatoms. The van der Waals surface area contributed by atoms with E-state index in [4.69, 9.17) is 5.73 Å². The van der Waals surface area contributed by atoms with Crippen LogP contribution in [-0.2, 0) is 4.79 Å². The van der Waals surface area contributed by atoms with Gasteiger partial charge in [0.05, 0.1) is 6.04 Å². The normalized spacial score (nSPS) is 23.5. The van der Waals surface area contributed by atoms with Gasteiger partial charge in [-0.3, -0.25) is 9.78 Å². The summed E-state index contributed by atoms with van der Waals surface area (Å²) in [5.74, 6) is 0.438. The molecular weight excluding hydrogens is 274 g/mol. The molecule has 3 unspecified atom stereocenters. The first-order chi connectivity index (χ1) is 9.16. The standard InChI is InChI=1S/C15H23N3O.ClH/c1-11(13-6-4-8-17-10-13)18-15(19)9-12-5-2-3-7-14(12)16;/h4,6,8,10-12,14H,2-3,5,7,9,16H2,1H3,(H,18,19);1H. The molecule has 4 nitrogen and oxygen atoms in total. The summed E-state index contributed by atoms with van der Waals surface area (Å²) in [6.07, 6.45) is 8.60. The lowest BCUT2D eigenvalue weighted by atomic mass is 9.83. The number of carbonyl (C=O) groups is 1. The molecule has 2 rings (SSSR count). The van der Waals surface area contributed by atoms with Crippen LogP contribution in [0.1, 0.15) is 50.6 Å². The van der Waals surface area contributed by atoms with E-state index in [1.165, 1.54) is 12.8 Å². The fraction of sp³-hybridized carbons (Fsp3) is 0.600. The van der Waals surface area contributed by atoms with Crippen LogP contribution in [0.15, 0.2) is 24.5 Å². The Labute approximate surface area is 126 Å². The Morgan fingerprint density at radius 2 is 2.25 bits per heavy atom. The maximum Gasteiger partial charge on any atom is 0.220 e. The van der Waals surface area contributed by atoms with Crippen LogP contribution in [0.2, 0.25) is 0 Å². The maximum atomic E-state index is 12.1. The zero-order valence-electron chi connectivity index (χ0n) is 11.9. The van der Waals surface area contributed by atoms with Crippen LogP contribution in [-0.4, -0.2) is 16.9 Å². The molecule has 1 heterocycles. The lowest BCUT2D eigenvalue weighted by Crippen LogP contribution is -2.37. The Morgan fingerprint density at radius 1 is 1.50 bits per heavy atom. The first-order valence-corrected chi connectivity index (χ1v) is 7.11. The predicted octanol–water partition coefficient (Wildman–Crippen LogP) is 2.59. The average Bonchev–Trinajstić information content (AvgIpc) is 2.42. The summed E-state index contributed by atoms with van der Waals surface area (Å²) >= 11 is 0. The Balaban J connectivity index is 0.00000200. The van der Waals surface area contributed by atoms with Gasteiger partial charge in [0.15, 0.2) is 0 Å². The minimum absolute atomic E-state index is 0. The zero-order valence-corrected chi connectivity index (χ0v) is 12.7. The van der Waals surface area contributed by atoms with Crippen LogP contribution in [0.5, 0.6) is 0 Å². The number of hydrogen-bond acceptors (Lipinski definition) is 3. The summed E-state index contributed by atoms with van der Waals surface area (Å²) < 4.78 is 0. The van der Waals surface area contributed by atoms with E-state index in [-0.39, 0.29) is 30.4 Å². The minimum atomic E-state index is 0. The van der Waals surface area contributed by atoms with E-state index in [0.717, 1.165) is 18.4 Å². The highest BCUT2D eigenvalue weighted by Crippen LogP contribution is 2.25. The zero-order chi connectivity index (χ0) is 13.7. The lowest BCUT2D eigenvalue weighted by molar-refractivity contribution is -0.123. The molecule has 3 atom stereocenters. The predicted molar refractivity (Wildman–Crippen MR) is 82.6 cm³/mol. The van der Waals surface area contributed by atoms with E-state index < -0.39 is 0 Å². The number of rotatable bonds is 4. The van der Waals surface area contributed by atoms with Gasteiger partial charge in [-0.2, -0.15) is 0 Å². The molecular formula is C15H24ClN3O. The van der Waals surface area contributed by atoms with E-state index in [2.05, 4.69) is 10.3 Å². The molecule has 20 heavy (non-hydrogen) atoms. The molecule has 1 aliphatic carbocycles. The van der Waals surface area contributed by atoms with Crippen LogP contribution in [0.4, 0.5) is 0 Å². The van der Waals surface area contributed by atoms with Gasteiger partial charge in [-0.15, -0.1) is 12.4 Å². The van der Waals surface area contributed by atoms with Gasteiger partial charge in [-0.05, 0) is 37.3 Å². The van der Waals surface area contributed by atoms with Crippen molar-refractivity contribution in [3.8, 4) is 0 Å². The molecule has 1 aliphatic rings. The number of nitrogens with zero attached hydrogens (tertiary/aromatic N) is 1. The Hall–Kier alpha value is -1.13. The molecule has 1 fully saturated rings. The Morgan fingerprint density at radius 3 is 2.90 bits per heavy atom. The number of amides is 1. The van der Waals surface area contributed by atoms with Crippen molar-refractivity contribution in [1.82, 2.24) is 10.3 Å². The monoisotopic (exact) mass is 297 g/mol. The van der Waals surface area contributed by atoms with Crippen molar-refractivity contribution in [1.29, 1.82) is 0 Å². The first kappa shape index (κ1) is 16.9. The number of hydrogen-bond donors (Lipinski definition) is 2. The van der Waals surface area contributed by atoms with Gasteiger partial charge in [0, 0.05) is 24.9 Å². The molecule has 0 aliphatic heterocycles. The lowest BCUT2D eigenvalue weighted by Gasteiger charge is -2.28. The van der Waals surface area contributed by atoms with Gasteiger partial charge in [0.2, 0.25) is 5.91 Å². The van der Waals surface area contributed by atoms with E-state index in [1.807, 2.05) is 19.1 Å². The smallest absolute Gasteiger partial charge is 0.220 e. The fourth-order valence-electron chi connectivity index (χ4n) is 2.74.